The lowest BCUT2D eigenvalue weighted by Gasteiger charge is -2.35. The predicted molar refractivity (Wildman–Crippen MR) is 95.5 cm³/mol. The van der Waals surface area contributed by atoms with Gasteiger partial charge in [0.1, 0.15) is 11.4 Å². The molecule has 0 N–H and O–H groups in total. The van der Waals surface area contributed by atoms with E-state index in [1.165, 1.54) is 0 Å². The van der Waals surface area contributed by atoms with Crippen molar-refractivity contribution in [2.75, 3.05) is 7.11 Å². The fourth-order valence-corrected chi connectivity index (χ4v) is 4.06. The number of ether oxygens (including phenoxy) is 1. The minimum absolute atomic E-state index is 0.0335. The first kappa shape index (κ1) is 17.4. The summed E-state index contributed by atoms with van der Waals surface area (Å²) >= 11 is 0. The lowest BCUT2D eigenvalue weighted by atomic mass is 9.88. The maximum Gasteiger partial charge on any atom is 0.197 e. The summed E-state index contributed by atoms with van der Waals surface area (Å²) in [5.41, 5.74) is 0.513. The topological polar surface area (TPSA) is 35.5 Å². The van der Waals surface area contributed by atoms with Gasteiger partial charge < -0.3 is 9.16 Å². The lowest BCUT2D eigenvalue weighted by molar-refractivity contribution is 0.0476. The summed E-state index contributed by atoms with van der Waals surface area (Å²) in [4.78, 5) is 13.2. The van der Waals surface area contributed by atoms with Crippen molar-refractivity contribution in [3.05, 3.63) is 65.7 Å². The van der Waals surface area contributed by atoms with Gasteiger partial charge in [-0.3, -0.25) is 4.79 Å². The SMILES string of the molecule is COc1ccc(C(=O)C(C)(O[Si](C)(C)C)c2ccccc2)cc1. The van der Waals surface area contributed by atoms with Crippen molar-refractivity contribution in [2.45, 2.75) is 32.2 Å². The van der Waals surface area contributed by atoms with Crippen molar-refractivity contribution >= 4 is 14.1 Å². The summed E-state index contributed by atoms with van der Waals surface area (Å²) in [5, 5.41) is 0. The van der Waals surface area contributed by atoms with E-state index in [0.717, 1.165) is 11.3 Å². The van der Waals surface area contributed by atoms with Crippen molar-refractivity contribution in [2.24, 2.45) is 0 Å². The van der Waals surface area contributed by atoms with Crippen molar-refractivity contribution < 1.29 is 14.0 Å². The fraction of sp³-hybridized carbons (Fsp3) is 0.316. The Bertz CT molecular complexity index is 659. The number of carbonyl (C=O) groups is 1. The molecule has 2 aromatic rings. The van der Waals surface area contributed by atoms with Crippen LogP contribution >= 0.6 is 0 Å². The second-order valence-corrected chi connectivity index (χ2v) is 11.1. The molecule has 0 aliphatic rings. The Morgan fingerprint density at radius 2 is 1.52 bits per heavy atom. The normalized spacial score (nSPS) is 14.1. The van der Waals surface area contributed by atoms with E-state index in [-0.39, 0.29) is 5.78 Å². The van der Waals surface area contributed by atoms with Gasteiger partial charge in [-0.1, -0.05) is 30.3 Å². The first-order valence-corrected chi connectivity index (χ1v) is 11.1. The van der Waals surface area contributed by atoms with Gasteiger partial charge in [-0.05, 0) is 56.4 Å². The molecule has 23 heavy (non-hydrogen) atoms. The first-order chi connectivity index (χ1) is 10.8. The third-order valence-corrected chi connectivity index (χ3v) is 4.64. The highest BCUT2D eigenvalue weighted by Crippen LogP contribution is 2.33. The molecule has 0 bridgehead atoms. The average molecular weight is 328 g/mol. The van der Waals surface area contributed by atoms with E-state index in [1.807, 2.05) is 37.3 Å². The molecule has 2 aromatic carbocycles. The van der Waals surface area contributed by atoms with E-state index in [1.54, 1.807) is 31.4 Å². The van der Waals surface area contributed by atoms with Crippen LogP contribution in [0.4, 0.5) is 0 Å². The van der Waals surface area contributed by atoms with Crippen molar-refractivity contribution in [1.82, 2.24) is 0 Å². The zero-order chi connectivity index (χ0) is 17.1. The molecule has 122 valence electrons. The van der Waals surface area contributed by atoms with E-state index in [2.05, 4.69) is 19.6 Å². The highest BCUT2D eigenvalue weighted by atomic mass is 28.4. The number of carbonyl (C=O) groups excluding carboxylic acids is 1. The van der Waals surface area contributed by atoms with Crippen LogP contribution in [0, 0.1) is 0 Å². The van der Waals surface area contributed by atoms with Gasteiger partial charge in [0.2, 0.25) is 0 Å². The molecular formula is C19H24O3Si. The van der Waals surface area contributed by atoms with Crippen molar-refractivity contribution in [3.8, 4) is 5.75 Å². The molecule has 0 aliphatic heterocycles. The fourth-order valence-electron chi connectivity index (χ4n) is 2.62. The standard InChI is InChI=1S/C19H24O3Si/c1-19(22-23(3,4)5,16-9-7-6-8-10-16)18(20)15-11-13-17(21-2)14-12-15/h6-14H,1-5H3. The minimum Gasteiger partial charge on any atom is -0.497 e. The number of benzene rings is 2. The highest BCUT2D eigenvalue weighted by Gasteiger charge is 2.40. The van der Waals surface area contributed by atoms with Crippen LogP contribution in [0.15, 0.2) is 54.6 Å². The molecule has 3 nitrogen and oxygen atoms in total. The van der Waals surface area contributed by atoms with E-state index in [0.29, 0.717) is 5.56 Å². The van der Waals surface area contributed by atoms with Gasteiger partial charge >= 0.3 is 0 Å². The molecular weight excluding hydrogens is 304 g/mol. The van der Waals surface area contributed by atoms with Gasteiger partial charge in [-0.2, -0.15) is 0 Å². The van der Waals surface area contributed by atoms with Crippen LogP contribution in [0.1, 0.15) is 22.8 Å². The van der Waals surface area contributed by atoms with Crippen LogP contribution in [-0.4, -0.2) is 21.2 Å². The largest absolute Gasteiger partial charge is 0.497 e. The van der Waals surface area contributed by atoms with Gasteiger partial charge in [-0.25, -0.2) is 0 Å². The van der Waals surface area contributed by atoms with Gasteiger partial charge in [0.05, 0.1) is 7.11 Å². The van der Waals surface area contributed by atoms with Crippen LogP contribution in [0.3, 0.4) is 0 Å². The molecule has 1 atom stereocenters. The number of ketones is 1. The van der Waals surface area contributed by atoms with E-state index in [9.17, 15) is 4.79 Å². The molecule has 1 unspecified atom stereocenters. The highest BCUT2D eigenvalue weighted by molar-refractivity contribution is 6.70. The molecule has 2 rings (SSSR count). The lowest BCUT2D eigenvalue weighted by Crippen LogP contribution is -2.44. The van der Waals surface area contributed by atoms with Gasteiger partial charge in [-0.15, -0.1) is 0 Å². The number of hydrogen-bond acceptors (Lipinski definition) is 3. The van der Waals surface area contributed by atoms with Crippen LogP contribution in [0.2, 0.25) is 19.6 Å². The predicted octanol–water partition coefficient (Wildman–Crippen LogP) is 4.64. The van der Waals surface area contributed by atoms with E-state index < -0.39 is 13.9 Å². The van der Waals surface area contributed by atoms with Gasteiger partial charge in [0, 0.05) is 5.56 Å². The molecule has 0 spiro atoms. The van der Waals surface area contributed by atoms with Crippen LogP contribution in [0.5, 0.6) is 5.75 Å². The van der Waals surface area contributed by atoms with Crippen LogP contribution < -0.4 is 4.74 Å². The van der Waals surface area contributed by atoms with Crippen LogP contribution in [0.25, 0.3) is 0 Å². The summed E-state index contributed by atoms with van der Waals surface area (Å²) in [6.07, 6.45) is 0. The first-order valence-electron chi connectivity index (χ1n) is 7.71. The Morgan fingerprint density at radius 3 is 2.00 bits per heavy atom. The molecule has 0 saturated heterocycles. The maximum atomic E-state index is 13.2. The molecule has 0 amide bonds. The van der Waals surface area contributed by atoms with E-state index in [4.69, 9.17) is 9.16 Å². The Hall–Kier alpha value is -1.91. The van der Waals surface area contributed by atoms with Gasteiger partial charge in [0.25, 0.3) is 0 Å². The molecule has 0 radical (unpaired) electrons. The third-order valence-electron chi connectivity index (χ3n) is 3.62. The summed E-state index contributed by atoms with van der Waals surface area (Å²) in [7, 11) is -0.324. The monoisotopic (exact) mass is 328 g/mol. The van der Waals surface area contributed by atoms with Gasteiger partial charge in [0.15, 0.2) is 14.1 Å². The maximum absolute atomic E-state index is 13.2. The number of rotatable bonds is 6. The zero-order valence-electron chi connectivity index (χ0n) is 14.4. The number of methoxy groups -OCH3 is 1. The number of Topliss-reactive ketones (excluding diaryl/α,β-unsaturated/α-hetero) is 1. The molecule has 0 heterocycles. The second-order valence-electron chi connectivity index (χ2n) is 6.67. The number of hydrogen-bond donors (Lipinski definition) is 0. The minimum atomic E-state index is -1.93. The Balaban J connectivity index is 2.46. The van der Waals surface area contributed by atoms with Crippen LogP contribution in [-0.2, 0) is 10.0 Å². The Labute approximate surface area is 139 Å². The molecule has 0 aromatic heterocycles. The summed E-state index contributed by atoms with van der Waals surface area (Å²) in [6.45, 7) is 8.15. The summed E-state index contributed by atoms with van der Waals surface area (Å²) < 4.78 is 11.5. The molecule has 0 saturated carbocycles. The smallest absolute Gasteiger partial charge is 0.197 e. The average Bonchev–Trinajstić information content (AvgIpc) is 2.53. The summed E-state index contributed by atoms with van der Waals surface area (Å²) in [5.74, 6) is 0.697. The zero-order valence-corrected chi connectivity index (χ0v) is 15.4. The Morgan fingerprint density at radius 1 is 0.957 bits per heavy atom. The quantitative estimate of drug-likeness (QED) is 0.572. The molecule has 4 heteroatoms. The van der Waals surface area contributed by atoms with Crippen molar-refractivity contribution in [1.29, 1.82) is 0 Å². The van der Waals surface area contributed by atoms with E-state index >= 15 is 0 Å². The Kier molecular flexibility index (Phi) is 5.07. The molecule has 0 fully saturated rings. The third kappa shape index (κ3) is 4.09. The molecule has 0 aliphatic carbocycles. The van der Waals surface area contributed by atoms with Crippen molar-refractivity contribution in [3.63, 3.8) is 0 Å². The second kappa shape index (κ2) is 6.68. The summed E-state index contributed by atoms with van der Waals surface area (Å²) in [6, 6.07) is 16.9.